The van der Waals surface area contributed by atoms with E-state index in [4.69, 9.17) is 0 Å². The Morgan fingerprint density at radius 2 is 2.17 bits per heavy atom. The second-order valence-corrected chi connectivity index (χ2v) is 5.90. The first kappa shape index (κ1) is 12.9. The molecule has 0 bridgehead atoms. The summed E-state index contributed by atoms with van der Waals surface area (Å²) < 4.78 is 23.8. The van der Waals surface area contributed by atoms with Crippen LogP contribution in [-0.2, 0) is 16.8 Å². The lowest BCUT2D eigenvalue weighted by Crippen LogP contribution is -2.44. The summed E-state index contributed by atoms with van der Waals surface area (Å²) in [6.07, 6.45) is 0. The van der Waals surface area contributed by atoms with E-state index < -0.39 is 19.2 Å². The molecule has 1 heterocycles. The first-order valence-corrected chi connectivity index (χ1v) is 6.59. The lowest BCUT2D eigenvalue weighted by molar-refractivity contribution is -0.760. The third kappa shape index (κ3) is 2.20. The highest BCUT2D eigenvalue weighted by Gasteiger charge is 2.39. The number of nitrogens with zero attached hydrogens (tertiary/aromatic N) is 2. The van der Waals surface area contributed by atoms with Gasteiger partial charge in [0, 0.05) is 17.7 Å². The number of nitro benzene ring substituents is 1. The van der Waals surface area contributed by atoms with E-state index in [2.05, 4.69) is 4.72 Å². The number of rotatable bonds is 3. The molecular formula is C9H11N3O5S. The molecule has 1 aliphatic rings. The second-order valence-electron chi connectivity index (χ2n) is 3.99. The number of nitrogens with one attached hydrogen (secondary N) is 1. The number of nitro groups is 1. The van der Waals surface area contributed by atoms with Crippen LogP contribution >= 0.6 is 0 Å². The predicted molar refractivity (Wildman–Crippen MR) is 62.2 cm³/mol. The van der Waals surface area contributed by atoms with Crippen molar-refractivity contribution in [1.29, 1.82) is 0 Å². The smallest absolute Gasteiger partial charge is 0.370 e. The van der Waals surface area contributed by atoms with Crippen molar-refractivity contribution in [1.82, 2.24) is 4.72 Å². The minimum atomic E-state index is -3.96. The van der Waals surface area contributed by atoms with Crippen molar-refractivity contribution in [3.8, 4) is 0 Å². The molecule has 1 aromatic rings. The van der Waals surface area contributed by atoms with E-state index in [1.165, 1.54) is 24.3 Å². The SMILES string of the molecule is O=[N+]([O-])c1cccc(C[N+]2([O-])CCNS2(=O)=O)c1. The third-order valence-electron chi connectivity index (χ3n) is 2.72. The van der Waals surface area contributed by atoms with Gasteiger partial charge in [-0.25, -0.2) is 4.05 Å². The van der Waals surface area contributed by atoms with E-state index in [1.54, 1.807) is 0 Å². The van der Waals surface area contributed by atoms with Crippen LogP contribution < -0.4 is 4.72 Å². The van der Waals surface area contributed by atoms with Crippen LogP contribution in [0.1, 0.15) is 5.56 Å². The zero-order valence-electron chi connectivity index (χ0n) is 9.27. The Balaban J connectivity index is 2.30. The Morgan fingerprint density at radius 1 is 1.44 bits per heavy atom. The molecule has 98 valence electrons. The molecule has 1 unspecified atom stereocenters. The van der Waals surface area contributed by atoms with E-state index in [0.29, 0.717) is 5.56 Å². The number of hydrogen-bond acceptors (Lipinski definition) is 5. The van der Waals surface area contributed by atoms with Crippen LogP contribution in [0.25, 0.3) is 0 Å². The van der Waals surface area contributed by atoms with Crippen molar-refractivity contribution in [3.63, 3.8) is 0 Å². The van der Waals surface area contributed by atoms with Gasteiger partial charge in [0.2, 0.25) is 0 Å². The molecule has 1 fully saturated rings. The quantitative estimate of drug-likeness (QED) is 0.367. The lowest BCUT2D eigenvalue weighted by Gasteiger charge is -2.34. The van der Waals surface area contributed by atoms with Crippen molar-refractivity contribution in [2.24, 2.45) is 0 Å². The minimum Gasteiger partial charge on any atom is -0.615 e. The highest BCUT2D eigenvalue weighted by atomic mass is 32.2. The first-order chi connectivity index (χ1) is 8.34. The minimum absolute atomic E-state index is 0.0841. The number of non-ortho nitro benzene ring substituents is 1. The fourth-order valence-corrected chi connectivity index (χ4v) is 3.03. The van der Waals surface area contributed by atoms with Crippen molar-refractivity contribution in [2.75, 3.05) is 13.1 Å². The summed E-state index contributed by atoms with van der Waals surface area (Å²) in [6, 6.07) is 5.43. The summed E-state index contributed by atoms with van der Waals surface area (Å²) in [5.74, 6) is 0. The summed E-state index contributed by atoms with van der Waals surface area (Å²) in [5, 5.41) is 22.7. The van der Waals surface area contributed by atoms with E-state index in [1.807, 2.05) is 0 Å². The Hall–Kier alpha value is -1.55. The molecule has 2 rings (SSSR count). The van der Waals surface area contributed by atoms with Crippen LogP contribution in [0.5, 0.6) is 0 Å². The highest BCUT2D eigenvalue weighted by molar-refractivity contribution is 7.84. The highest BCUT2D eigenvalue weighted by Crippen LogP contribution is 2.23. The largest absolute Gasteiger partial charge is 0.615 e. The molecule has 0 spiro atoms. The molecule has 0 saturated carbocycles. The van der Waals surface area contributed by atoms with Crippen molar-refractivity contribution < 1.29 is 17.4 Å². The van der Waals surface area contributed by atoms with Crippen LogP contribution in [0.2, 0.25) is 0 Å². The maximum atomic E-state index is 12.1. The van der Waals surface area contributed by atoms with Gasteiger partial charge in [-0.2, -0.15) is 13.1 Å². The van der Waals surface area contributed by atoms with Gasteiger partial charge in [0.05, 0.1) is 11.5 Å². The fraction of sp³-hybridized carbons (Fsp3) is 0.333. The lowest BCUT2D eigenvalue weighted by atomic mass is 10.2. The number of hydroxylamine groups is 2. The maximum absolute atomic E-state index is 12.1. The van der Waals surface area contributed by atoms with Gasteiger partial charge in [-0.3, -0.25) is 10.1 Å². The Kier molecular flexibility index (Phi) is 3.07. The van der Waals surface area contributed by atoms with Crippen molar-refractivity contribution >= 4 is 15.9 Å². The zero-order valence-corrected chi connectivity index (χ0v) is 10.1. The molecule has 0 amide bonds. The van der Waals surface area contributed by atoms with Gasteiger partial charge >= 0.3 is 10.2 Å². The maximum Gasteiger partial charge on any atom is 0.370 e. The van der Waals surface area contributed by atoms with Gasteiger partial charge in [0.25, 0.3) is 5.69 Å². The van der Waals surface area contributed by atoms with Crippen molar-refractivity contribution in [2.45, 2.75) is 6.54 Å². The van der Waals surface area contributed by atoms with E-state index in [9.17, 15) is 23.7 Å². The molecule has 0 aromatic heterocycles. The number of benzene rings is 1. The normalized spacial score (nSPS) is 26.1. The monoisotopic (exact) mass is 273 g/mol. The van der Waals surface area contributed by atoms with Crippen LogP contribution in [0.4, 0.5) is 5.69 Å². The van der Waals surface area contributed by atoms with E-state index in [-0.39, 0.29) is 25.3 Å². The van der Waals surface area contributed by atoms with Gasteiger partial charge in [-0.15, -0.1) is 0 Å². The molecule has 1 saturated heterocycles. The molecule has 1 aliphatic heterocycles. The van der Waals surface area contributed by atoms with Crippen LogP contribution in [0.3, 0.4) is 0 Å². The molecule has 18 heavy (non-hydrogen) atoms. The summed E-state index contributed by atoms with van der Waals surface area (Å²) in [4.78, 5) is 10.0. The number of quaternary nitrogens is 1. The van der Waals surface area contributed by atoms with Crippen LogP contribution in [-0.4, -0.2) is 30.5 Å². The van der Waals surface area contributed by atoms with E-state index in [0.717, 1.165) is 0 Å². The molecule has 0 radical (unpaired) electrons. The molecule has 1 aromatic carbocycles. The summed E-state index contributed by atoms with van der Waals surface area (Å²) in [5.41, 5.74) is 0.162. The van der Waals surface area contributed by atoms with Gasteiger partial charge in [-0.05, 0) is 0 Å². The second kappa shape index (κ2) is 4.28. The first-order valence-electron chi connectivity index (χ1n) is 5.15. The predicted octanol–water partition coefficient (Wildman–Crippen LogP) is 0.257. The van der Waals surface area contributed by atoms with Gasteiger partial charge < -0.3 is 5.21 Å². The molecule has 9 heteroatoms. The zero-order chi connectivity index (χ0) is 13.4. The molecule has 1 atom stereocenters. The van der Waals surface area contributed by atoms with Crippen LogP contribution in [0.15, 0.2) is 24.3 Å². The molecule has 1 N–H and O–H groups in total. The molecule has 0 aliphatic carbocycles. The Labute approximate surface area is 103 Å². The van der Waals surface area contributed by atoms with Gasteiger partial charge in [0.15, 0.2) is 0 Å². The Bertz CT molecular complexity index is 588. The third-order valence-corrected chi connectivity index (χ3v) is 4.48. The molecular weight excluding hydrogens is 262 g/mol. The van der Waals surface area contributed by atoms with Crippen LogP contribution in [0, 0.1) is 15.3 Å². The fourth-order valence-electron chi connectivity index (χ4n) is 1.79. The van der Waals surface area contributed by atoms with Gasteiger partial charge in [0.1, 0.15) is 13.1 Å². The van der Waals surface area contributed by atoms with Gasteiger partial charge in [-0.1, -0.05) is 12.1 Å². The Morgan fingerprint density at radius 3 is 2.72 bits per heavy atom. The average molecular weight is 273 g/mol. The summed E-state index contributed by atoms with van der Waals surface area (Å²) >= 11 is 0. The van der Waals surface area contributed by atoms with Crippen molar-refractivity contribution in [3.05, 3.63) is 45.2 Å². The summed E-state index contributed by atoms with van der Waals surface area (Å²) in [7, 11) is -3.96. The standard InChI is InChI=1S/C9H11N3O5S/c13-11(14)9-3-1-2-8(6-9)7-12(15)5-4-10-18(12,16)17/h1-3,6,10H,4-5,7H2. The van der Waals surface area contributed by atoms with E-state index >= 15 is 0 Å². The molecule has 8 nitrogen and oxygen atoms in total. The summed E-state index contributed by atoms with van der Waals surface area (Å²) in [6.45, 7) is -0.358. The average Bonchev–Trinajstić information content (AvgIpc) is 2.53. The topological polar surface area (TPSA) is 112 Å². The number of hydrogen-bond donors (Lipinski definition) is 1.